The molecule has 5 nitrogen and oxygen atoms in total. The standard InChI is InChI=1S/C28H56O5S/c1-3-5-6-7-8-9-10-11-12-13-14-15-16-17-18-19-20-21-22-23-24-25-26-27(34(30,31)32)28(29)33-4-2/h27H,3-26H2,1-2H3,(H,30,31,32). The fourth-order valence-corrected chi connectivity index (χ4v) is 5.34. The average molecular weight is 505 g/mol. The number of carbonyl (C=O) groups is 1. The molecule has 0 radical (unpaired) electrons. The summed E-state index contributed by atoms with van der Waals surface area (Å²) in [6.45, 7) is 4.02. The van der Waals surface area contributed by atoms with E-state index in [1.165, 1.54) is 116 Å². The molecule has 0 rings (SSSR count). The molecular formula is C28H56O5S. The van der Waals surface area contributed by atoms with Crippen LogP contribution >= 0.6 is 0 Å². The molecule has 0 heterocycles. The van der Waals surface area contributed by atoms with Gasteiger partial charge in [-0.3, -0.25) is 9.35 Å². The maximum absolute atomic E-state index is 11.7. The third-order valence-electron chi connectivity index (χ3n) is 6.73. The Balaban J connectivity index is 3.34. The Morgan fingerprint density at radius 2 is 0.882 bits per heavy atom. The molecule has 0 saturated heterocycles. The summed E-state index contributed by atoms with van der Waals surface area (Å²) in [5.41, 5.74) is 0. The average Bonchev–Trinajstić information content (AvgIpc) is 2.79. The third kappa shape index (κ3) is 21.9. The zero-order valence-electron chi connectivity index (χ0n) is 22.5. The van der Waals surface area contributed by atoms with Gasteiger partial charge < -0.3 is 4.74 Å². The molecular weight excluding hydrogens is 448 g/mol. The van der Waals surface area contributed by atoms with E-state index in [0.29, 0.717) is 6.42 Å². The first kappa shape index (κ1) is 33.4. The molecule has 34 heavy (non-hydrogen) atoms. The van der Waals surface area contributed by atoms with Crippen LogP contribution in [0.15, 0.2) is 0 Å². The first-order valence-electron chi connectivity index (χ1n) is 14.6. The van der Waals surface area contributed by atoms with Crippen molar-refractivity contribution in [2.45, 2.75) is 167 Å². The van der Waals surface area contributed by atoms with Crippen LogP contribution in [-0.2, 0) is 19.6 Å². The molecule has 0 aromatic carbocycles. The fourth-order valence-electron chi connectivity index (χ4n) is 4.56. The molecule has 0 saturated carbocycles. The van der Waals surface area contributed by atoms with Crippen LogP contribution in [0.3, 0.4) is 0 Å². The predicted molar refractivity (Wildman–Crippen MR) is 144 cm³/mol. The van der Waals surface area contributed by atoms with Crippen LogP contribution in [0.5, 0.6) is 0 Å². The summed E-state index contributed by atoms with van der Waals surface area (Å²) >= 11 is 0. The molecule has 0 aliphatic rings. The second-order valence-corrected chi connectivity index (χ2v) is 11.6. The van der Waals surface area contributed by atoms with E-state index in [2.05, 4.69) is 6.92 Å². The zero-order valence-corrected chi connectivity index (χ0v) is 23.4. The van der Waals surface area contributed by atoms with Gasteiger partial charge in [0.15, 0.2) is 5.25 Å². The Hall–Kier alpha value is -0.620. The first-order valence-corrected chi connectivity index (χ1v) is 16.1. The highest BCUT2D eigenvalue weighted by atomic mass is 32.2. The van der Waals surface area contributed by atoms with Crippen molar-refractivity contribution in [1.82, 2.24) is 0 Å². The van der Waals surface area contributed by atoms with E-state index < -0.39 is 21.3 Å². The summed E-state index contributed by atoms with van der Waals surface area (Å²) in [7, 11) is -4.39. The van der Waals surface area contributed by atoms with Crippen molar-refractivity contribution >= 4 is 16.1 Å². The van der Waals surface area contributed by atoms with Gasteiger partial charge >= 0.3 is 5.97 Å². The van der Waals surface area contributed by atoms with Crippen molar-refractivity contribution in [3.63, 3.8) is 0 Å². The highest BCUT2D eigenvalue weighted by Gasteiger charge is 2.31. The van der Waals surface area contributed by atoms with E-state index in [4.69, 9.17) is 4.74 Å². The fraction of sp³-hybridized carbons (Fsp3) is 0.964. The zero-order chi connectivity index (χ0) is 25.3. The molecule has 0 aliphatic carbocycles. The summed E-state index contributed by atoms with van der Waals surface area (Å²) < 4.78 is 36.7. The molecule has 0 aromatic rings. The molecule has 0 amide bonds. The molecule has 0 bridgehead atoms. The number of rotatable bonds is 26. The van der Waals surface area contributed by atoms with Gasteiger partial charge in [0, 0.05) is 0 Å². The smallest absolute Gasteiger partial charge is 0.326 e. The van der Waals surface area contributed by atoms with Gasteiger partial charge in [-0.15, -0.1) is 0 Å². The number of hydrogen-bond donors (Lipinski definition) is 1. The van der Waals surface area contributed by atoms with E-state index >= 15 is 0 Å². The number of carbonyl (C=O) groups excluding carboxylic acids is 1. The second kappa shape index (κ2) is 24.1. The molecule has 6 heteroatoms. The summed E-state index contributed by atoms with van der Waals surface area (Å²) in [5, 5.41) is -1.43. The highest BCUT2D eigenvalue weighted by molar-refractivity contribution is 7.87. The number of esters is 1. The molecule has 0 aliphatic heterocycles. The number of ether oxygens (including phenoxy) is 1. The maximum atomic E-state index is 11.7. The van der Waals surface area contributed by atoms with E-state index in [1.54, 1.807) is 6.92 Å². The molecule has 204 valence electrons. The van der Waals surface area contributed by atoms with Crippen LogP contribution < -0.4 is 0 Å². The normalized spacial score (nSPS) is 12.7. The minimum atomic E-state index is -4.39. The summed E-state index contributed by atoms with van der Waals surface area (Å²) in [5.74, 6) is -0.839. The van der Waals surface area contributed by atoms with Gasteiger partial charge in [0.2, 0.25) is 0 Å². The van der Waals surface area contributed by atoms with Crippen LogP contribution in [0, 0.1) is 0 Å². The molecule has 1 N–H and O–H groups in total. The van der Waals surface area contributed by atoms with Crippen LogP contribution in [-0.4, -0.2) is 30.8 Å². The highest BCUT2D eigenvalue weighted by Crippen LogP contribution is 2.17. The lowest BCUT2D eigenvalue weighted by molar-refractivity contribution is -0.142. The quantitative estimate of drug-likeness (QED) is 0.0723. The van der Waals surface area contributed by atoms with Crippen molar-refractivity contribution in [2.75, 3.05) is 6.61 Å². The maximum Gasteiger partial charge on any atom is 0.326 e. The predicted octanol–water partition coefficient (Wildman–Crippen LogP) is 8.80. The largest absolute Gasteiger partial charge is 0.465 e. The Bertz CT molecular complexity index is 547. The van der Waals surface area contributed by atoms with E-state index in [9.17, 15) is 17.8 Å². The summed E-state index contributed by atoms with van der Waals surface area (Å²) in [6, 6.07) is 0. The van der Waals surface area contributed by atoms with Gasteiger partial charge in [0.05, 0.1) is 6.61 Å². The lowest BCUT2D eigenvalue weighted by atomic mass is 10.0. The van der Waals surface area contributed by atoms with Crippen molar-refractivity contribution in [2.24, 2.45) is 0 Å². The Morgan fingerprint density at radius 1 is 0.588 bits per heavy atom. The minimum Gasteiger partial charge on any atom is -0.465 e. The Labute approximate surface area is 211 Å². The van der Waals surface area contributed by atoms with Gasteiger partial charge in [-0.05, 0) is 13.3 Å². The second-order valence-electron chi connectivity index (χ2n) is 9.97. The molecule has 1 atom stereocenters. The van der Waals surface area contributed by atoms with Gasteiger partial charge in [-0.1, -0.05) is 148 Å². The van der Waals surface area contributed by atoms with Crippen LogP contribution in [0.2, 0.25) is 0 Å². The van der Waals surface area contributed by atoms with Crippen molar-refractivity contribution in [3.8, 4) is 0 Å². The van der Waals surface area contributed by atoms with Crippen LogP contribution in [0.25, 0.3) is 0 Å². The van der Waals surface area contributed by atoms with E-state index in [0.717, 1.165) is 19.3 Å². The topological polar surface area (TPSA) is 80.7 Å². The first-order chi connectivity index (χ1) is 16.4. The van der Waals surface area contributed by atoms with Gasteiger partial charge in [-0.25, -0.2) is 0 Å². The SMILES string of the molecule is CCCCCCCCCCCCCCCCCCCCCCCCC(C(=O)OCC)S(=O)(=O)O. The lowest BCUT2D eigenvalue weighted by Gasteiger charge is -2.12. The van der Waals surface area contributed by atoms with E-state index in [-0.39, 0.29) is 13.0 Å². The van der Waals surface area contributed by atoms with Gasteiger partial charge in [-0.2, -0.15) is 8.42 Å². The van der Waals surface area contributed by atoms with Gasteiger partial charge in [0.1, 0.15) is 0 Å². The Kier molecular flexibility index (Phi) is 23.7. The van der Waals surface area contributed by atoms with Crippen LogP contribution in [0.1, 0.15) is 162 Å². The summed E-state index contributed by atoms with van der Waals surface area (Å²) in [6.07, 6.45) is 28.7. The van der Waals surface area contributed by atoms with E-state index in [1.807, 2.05) is 0 Å². The molecule has 1 unspecified atom stereocenters. The van der Waals surface area contributed by atoms with Gasteiger partial charge in [0.25, 0.3) is 10.1 Å². The monoisotopic (exact) mass is 504 g/mol. The summed E-state index contributed by atoms with van der Waals surface area (Å²) in [4.78, 5) is 11.7. The van der Waals surface area contributed by atoms with Crippen molar-refractivity contribution in [3.05, 3.63) is 0 Å². The number of unbranched alkanes of at least 4 members (excludes halogenated alkanes) is 21. The third-order valence-corrected chi connectivity index (χ3v) is 7.88. The Morgan fingerprint density at radius 3 is 1.15 bits per heavy atom. The lowest BCUT2D eigenvalue weighted by Crippen LogP contribution is -2.31. The van der Waals surface area contributed by atoms with Crippen LogP contribution in [0.4, 0.5) is 0 Å². The van der Waals surface area contributed by atoms with Crippen molar-refractivity contribution in [1.29, 1.82) is 0 Å². The molecule has 0 fully saturated rings. The minimum absolute atomic E-state index is 0.115. The number of hydrogen-bond acceptors (Lipinski definition) is 4. The molecule has 0 aromatic heterocycles. The molecule has 0 spiro atoms. The van der Waals surface area contributed by atoms with Crippen molar-refractivity contribution < 1.29 is 22.5 Å².